The predicted molar refractivity (Wildman–Crippen MR) is 84.7 cm³/mol. The molecule has 4 heteroatoms. The van der Waals surface area contributed by atoms with E-state index in [4.69, 9.17) is 5.73 Å². The minimum atomic E-state index is -0.178. The van der Waals surface area contributed by atoms with E-state index in [2.05, 4.69) is 15.9 Å². The summed E-state index contributed by atoms with van der Waals surface area (Å²) in [5.41, 5.74) is 9.15. The Morgan fingerprint density at radius 3 is 2.24 bits per heavy atom. The monoisotopic (exact) mass is 285 g/mol. The molecule has 3 rings (SSSR count). The number of halogens is 1. The van der Waals surface area contributed by atoms with Gasteiger partial charge in [-0.25, -0.2) is 4.39 Å². The lowest BCUT2D eigenvalue weighted by Crippen LogP contribution is -2.46. The molecular formula is C17H20FN3. The summed E-state index contributed by atoms with van der Waals surface area (Å²) < 4.78 is 12.9. The third-order valence-corrected chi connectivity index (χ3v) is 3.97. The van der Waals surface area contributed by atoms with Crippen molar-refractivity contribution >= 4 is 11.4 Å². The molecule has 0 bridgehead atoms. The number of piperazine rings is 1. The molecule has 1 aliphatic rings. The predicted octanol–water partition coefficient (Wildman–Crippen LogP) is 2.73. The summed E-state index contributed by atoms with van der Waals surface area (Å²) in [4.78, 5) is 4.72. The molecule has 2 N–H and O–H groups in total. The van der Waals surface area contributed by atoms with E-state index in [1.165, 1.54) is 12.1 Å². The van der Waals surface area contributed by atoms with Crippen molar-refractivity contribution in [3.8, 4) is 0 Å². The Morgan fingerprint density at radius 1 is 0.905 bits per heavy atom. The minimum Gasteiger partial charge on any atom is -0.397 e. The van der Waals surface area contributed by atoms with Gasteiger partial charge in [-0.15, -0.1) is 0 Å². The first-order valence-corrected chi connectivity index (χ1v) is 7.28. The Balaban J connectivity index is 1.58. The highest BCUT2D eigenvalue weighted by Crippen LogP contribution is 2.23. The van der Waals surface area contributed by atoms with Crippen LogP contribution < -0.4 is 10.6 Å². The average Bonchev–Trinajstić information content (AvgIpc) is 2.51. The molecule has 0 atom stereocenters. The zero-order valence-corrected chi connectivity index (χ0v) is 12.0. The summed E-state index contributed by atoms with van der Waals surface area (Å²) >= 11 is 0. The first kappa shape index (κ1) is 13.9. The van der Waals surface area contributed by atoms with Gasteiger partial charge in [-0.2, -0.15) is 0 Å². The third kappa shape index (κ3) is 3.34. The van der Waals surface area contributed by atoms with Gasteiger partial charge in [0.05, 0.1) is 11.4 Å². The smallest absolute Gasteiger partial charge is 0.123 e. The maximum atomic E-state index is 12.9. The summed E-state index contributed by atoms with van der Waals surface area (Å²) in [6.45, 7) is 4.79. The van der Waals surface area contributed by atoms with E-state index in [0.29, 0.717) is 0 Å². The van der Waals surface area contributed by atoms with Crippen LogP contribution in [-0.2, 0) is 6.54 Å². The number of nitrogens with two attached hydrogens (primary N) is 1. The van der Waals surface area contributed by atoms with Crippen molar-refractivity contribution in [3.63, 3.8) is 0 Å². The Hall–Kier alpha value is -2.07. The Labute approximate surface area is 124 Å². The lowest BCUT2D eigenvalue weighted by Gasteiger charge is -2.36. The summed E-state index contributed by atoms with van der Waals surface area (Å²) in [5.74, 6) is -0.178. The lowest BCUT2D eigenvalue weighted by atomic mass is 10.1. The van der Waals surface area contributed by atoms with Crippen molar-refractivity contribution < 1.29 is 4.39 Å². The molecule has 0 radical (unpaired) electrons. The van der Waals surface area contributed by atoms with Gasteiger partial charge in [0.1, 0.15) is 5.82 Å². The molecular weight excluding hydrogens is 265 g/mol. The number of hydrogen-bond donors (Lipinski definition) is 1. The maximum Gasteiger partial charge on any atom is 0.123 e. The molecule has 2 aromatic carbocycles. The fourth-order valence-corrected chi connectivity index (χ4v) is 2.77. The SMILES string of the molecule is Nc1ccccc1N1CCN(Cc2ccc(F)cc2)CC1. The lowest BCUT2D eigenvalue weighted by molar-refractivity contribution is 0.250. The quantitative estimate of drug-likeness (QED) is 0.880. The van der Waals surface area contributed by atoms with E-state index in [1.54, 1.807) is 0 Å². The van der Waals surface area contributed by atoms with Crippen LogP contribution in [0.1, 0.15) is 5.56 Å². The van der Waals surface area contributed by atoms with Gasteiger partial charge >= 0.3 is 0 Å². The molecule has 1 aliphatic heterocycles. The number of anilines is 2. The van der Waals surface area contributed by atoms with Gasteiger partial charge in [-0.3, -0.25) is 4.90 Å². The van der Waals surface area contributed by atoms with Crippen molar-refractivity contribution in [1.29, 1.82) is 0 Å². The van der Waals surface area contributed by atoms with Crippen molar-refractivity contribution in [3.05, 3.63) is 59.9 Å². The van der Waals surface area contributed by atoms with Crippen LogP contribution in [0.3, 0.4) is 0 Å². The molecule has 0 spiro atoms. The highest BCUT2D eigenvalue weighted by atomic mass is 19.1. The molecule has 0 aromatic heterocycles. The standard InChI is InChI=1S/C17H20FN3/c18-15-7-5-14(6-8-15)13-20-9-11-21(12-10-20)17-4-2-1-3-16(17)19/h1-8H,9-13,19H2. The molecule has 1 saturated heterocycles. The van der Waals surface area contributed by atoms with Crippen LogP contribution in [0, 0.1) is 5.82 Å². The molecule has 2 aromatic rings. The largest absolute Gasteiger partial charge is 0.397 e. The van der Waals surface area contributed by atoms with Crippen molar-refractivity contribution in [2.75, 3.05) is 36.8 Å². The average molecular weight is 285 g/mol. The highest BCUT2D eigenvalue weighted by molar-refractivity contribution is 5.67. The number of para-hydroxylation sites is 2. The van der Waals surface area contributed by atoms with Crippen molar-refractivity contribution in [2.24, 2.45) is 0 Å². The van der Waals surface area contributed by atoms with Crippen molar-refractivity contribution in [2.45, 2.75) is 6.54 Å². The Morgan fingerprint density at radius 2 is 1.57 bits per heavy atom. The fraction of sp³-hybridized carbons (Fsp3) is 0.294. The topological polar surface area (TPSA) is 32.5 Å². The van der Waals surface area contributed by atoms with Crippen LogP contribution >= 0.6 is 0 Å². The van der Waals surface area contributed by atoms with Gasteiger partial charge in [0, 0.05) is 32.7 Å². The number of benzene rings is 2. The molecule has 0 unspecified atom stereocenters. The number of nitrogens with zero attached hydrogens (tertiary/aromatic N) is 2. The Kier molecular flexibility index (Phi) is 4.06. The van der Waals surface area contributed by atoms with E-state index in [0.717, 1.165) is 49.7 Å². The van der Waals surface area contributed by atoms with E-state index in [1.807, 2.05) is 30.3 Å². The summed E-state index contributed by atoms with van der Waals surface area (Å²) in [6.07, 6.45) is 0. The first-order valence-electron chi connectivity index (χ1n) is 7.28. The first-order chi connectivity index (χ1) is 10.2. The second kappa shape index (κ2) is 6.14. The summed E-state index contributed by atoms with van der Waals surface area (Å²) in [7, 11) is 0. The molecule has 0 amide bonds. The van der Waals surface area contributed by atoms with Gasteiger partial charge in [0.15, 0.2) is 0 Å². The molecule has 0 aliphatic carbocycles. The summed E-state index contributed by atoms with van der Waals surface area (Å²) in [6, 6.07) is 14.8. The van der Waals surface area contributed by atoms with E-state index in [-0.39, 0.29) is 5.82 Å². The zero-order valence-electron chi connectivity index (χ0n) is 12.0. The maximum absolute atomic E-state index is 12.9. The van der Waals surface area contributed by atoms with E-state index in [9.17, 15) is 4.39 Å². The molecule has 1 fully saturated rings. The van der Waals surface area contributed by atoms with Crippen LogP contribution in [0.15, 0.2) is 48.5 Å². The molecule has 21 heavy (non-hydrogen) atoms. The number of rotatable bonds is 3. The minimum absolute atomic E-state index is 0.178. The van der Waals surface area contributed by atoms with E-state index < -0.39 is 0 Å². The second-order valence-electron chi connectivity index (χ2n) is 5.45. The van der Waals surface area contributed by atoms with Gasteiger partial charge in [0.25, 0.3) is 0 Å². The third-order valence-electron chi connectivity index (χ3n) is 3.97. The molecule has 1 heterocycles. The highest BCUT2D eigenvalue weighted by Gasteiger charge is 2.18. The zero-order chi connectivity index (χ0) is 14.7. The van der Waals surface area contributed by atoms with E-state index >= 15 is 0 Å². The van der Waals surface area contributed by atoms with Gasteiger partial charge in [-0.05, 0) is 29.8 Å². The van der Waals surface area contributed by atoms with Gasteiger partial charge in [0.2, 0.25) is 0 Å². The van der Waals surface area contributed by atoms with Crippen LogP contribution in [0.2, 0.25) is 0 Å². The Bertz CT molecular complexity index is 589. The summed E-state index contributed by atoms with van der Waals surface area (Å²) in [5, 5.41) is 0. The van der Waals surface area contributed by atoms with Crippen LogP contribution in [0.4, 0.5) is 15.8 Å². The number of nitrogen functional groups attached to an aromatic ring is 1. The molecule has 110 valence electrons. The van der Waals surface area contributed by atoms with Gasteiger partial charge in [-0.1, -0.05) is 24.3 Å². The van der Waals surface area contributed by atoms with Gasteiger partial charge < -0.3 is 10.6 Å². The van der Waals surface area contributed by atoms with Crippen molar-refractivity contribution in [1.82, 2.24) is 4.90 Å². The van der Waals surface area contributed by atoms with Crippen LogP contribution in [0.25, 0.3) is 0 Å². The second-order valence-corrected chi connectivity index (χ2v) is 5.45. The fourth-order valence-electron chi connectivity index (χ4n) is 2.77. The number of hydrogen-bond acceptors (Lipinski definition) is 3. The molecule has 3 nitrogen and oxygen atoms in total. The van der Waals surface area contributed by atoms with Crippen LogP contribution in [0.5, 0.6) is 0 Å². The van der Waals surface area contributed by atoms with Crippen LogP contribution in [-0.4, -0.2) is 31.1 Å². The molecule has 0 saturated carbocycles. The normalized spacial score (nSPS) is 16.1.